The van der Waals surface area contributed by atoms with Gasteiger partial charge >= 0.3 is 0 Å². The molecule has 0 saturated carbocycles. The van der Waals surface area contributed by atoms with Crippen molar-refractivity contribution in [3.63, 3.8) is 0 Å². The van der Waals surface area contributed by atoms with Gasteiger partial charge in [0.2, 0.25) is 0 Å². The van der Waals surface area contributed by atoms with Crippen molar-refractivity contribution in [3.05, 3.63) is 41.2 Å². The number of carbonyl (C=O) groups excluding carboxylic acids is 1. The number of amides is 1. The zero-order valence-corrected chi connectivity index (χ0v) is 14.7. The van der Waals surface area contributed by atoms with Crippen LogP contribution in [-0.2, 0) is 7.05 Å². The van der Waals surface area contributed by atoms with Gasteiger partial charge in [-0.2, -0.15) is 0 Å². The summed E-state index contributed by atoms with van der Waals surface area (Å²) in [6, 6.07) is 1.83. The Labute approximate surface area is 145 Å². The Balaban J connectivity index is 1.67. The summed E-state index contributed by atoms with van der Waals surface area (Å²) in [5, 5.41) is 4.69. The minimum Gasteiger partial charge on any atom is -0.338 e. The second-order valence-corrected chi connectivity index (χ2v) is 6.75. The van der Waals surface area contributed by atoms with Gasteiger partial charge in [0.05, 0.1) is 16.6 Å². The molecule has 7 heteroatoms. The Kier molecular flexibility index (Phi) is 3.78. The van der Waals surface area contributed by atoms with E-state index >= 15 is 0 Å². The van der Waals surface area contributed by atoms with E-state index in [0.717, 1.165) is 36.3 Å². The average molecular weight is 339 g/mol. The summed E-state index contributed by atoms with van der Waals surface area (Å²) < 4.78 is 7.30. The third kappa shape index (κ3) is 2.69. The van der Waals surface area contributed by atoms with Crippen LogP contribution in [-0.4, -0.2) is 43.6 Å². The van der Waals surface area contributed by atoms with Crippen LogP contribution in [0.3, 0.4) is 0 Å². The lowest BCUT2D eigenvalue weighted by Crippen LogP contribution is -2.39. The van der Waals surface area contributed by atoms with Crippen LogP contribution in [0.4, 0.5) is 0 Å². The number of piperidine rings is 1. The molecule has 1 atom stereocenters. The standard InChI is InChI=1S/C18H21N5O2/c1-11-9-14(15-12(2)21-25-17(15)20-11)18(24)23-7-4-5-13(10-23)16-19-6-8-22(16)3/h6,8-9,13H,4-5,7,10H2,1-3H3. The van der Waals surface area contributed by atoms with Crippen molar-refractivity contribution in [2.75, 3.05) is 13.1 Å². The van der Waals surface area contributed by atoms with E-state index in [4.69, 9.17) is 4.52 Å². The van der Waals surface area contributed by atoms with Crippen molar-refractivity contribution in [1.29, 1.82) is 0 Å². The Bertz CT molecular complexity index is 942. The van der Waals surface area contributed by atoms with Crippen molar-refractivity contribution < 1.29 is 9.32 Å². The number of pyridine rings is 1. The molecule has 4 heterocycles. The lowest BCUT2D eigenvalue weighted by atomic mass is 9.96. The zero-order valence-electron chi connectivity index (χ0n) is 14.7. The van der Waals surface area contributed by atoms with Crippen LogP contribution < -0.4 is 0 Å². The number of fused-ring (bicyclic) bond motifs is 1. The van der Waals surface area contributed by atoms with Gasteiger partial charge < -0.3 is 14.0 Å². The second-order valence-electron chi connectivity index (χ2n) is 6.75. The smallest absolute Gasteiger partial charge is 0.258 e. The summed E-state index contributed by atoms with van der Waals surface area (Å²) in [4.78, 5) is 23.9. The lowest BCUT2D eigenvalue weighted by molar-refractivity contribution is 0.0705. The van der Waals surface area contributed by atoms with E-state index in [9.17, 15) is 4.79 Å². The first-order valence-corrected chi connectivity index (χ1v) is 8.54. The van der Waals surface area contributed by atoms with Gasteiger partial charge in [0.25, 0.3) is 11.6 Å². The SMILES string of the molecule is Cc1cc(C(=O)N2CCCC(c3nccn3C)C2)c2c(C)noc2n1. The molecular weight excluding hydrogens is 318 g/mol. The molecule has 1 saturated heterocycles. The third-order valence-electron chi connectivity index (χ3n) is 4.91. The highest BCUT2D eigenvalue weighted by Gasteiger charge is 2.29. The molecule has 0 aliphatic carbocycles. The number of hydrogen-bond donors (Lipinski definition) is 0. The molecule has 3 aromatic heterocycles. The van der Waals surface area contributed by atoms with E-state index in [2.05, 4.69) is 15.1 Å². The molecule has 0 radical (unpaired) electrons. The molecule has 3 aromatic rings. The molecule has 1 unspecified atom stereocenters. The van der Waals surface area contributed by atoms with Crippen LogP contribution in [0.2, 0.25) is 0 Å². The van der Waals surface area contributed by atoms with Crippen molar-refractivity contribution in [2.24, 2.45) is 7.05 Å². The monoisotopic (exact) mass is 339 g/mol. The number of rotatable bonds is 2. The molecule has 130 valence electrons. The fraction of sp³-hybridized carbons (Fsp3) is 0.444. The van der Waals surface area contributed by atoms with Gasteiger partial charge in [-0.3, -0.25) is 4.79 Å². The summed E-state index contributed by atoms with van der Waals surface area (Å²) in [7, 11) is 2.00. The molecule has 1 aliphatic heterocycles. The molecule has 0 aromatic carbocycles. The van der Waals surface area contributed by atoms with Gasteiger partial charge in [-0.1, -0.05) is 5.16 Å². The van der Waals surface area contributed by atoms with Crippen LogP contribution in [0.25, 0.3) is 11.1 Å². The Hall–Kier alpha value is -2.70. The zero-order chi connectivity index (χ0) is 17.6. The van der Waals surface area contributed by atoms with Gasteiger partial charge in [-0.05, 0) is 32.8 Å². The average Bonchev–Trinajstić information content (AvgIpc) is 3.19. The summed E-state index contributed by atoms with van der Waals surface area (Å²) in [5.41, 5.74) is 2.51. The van der Waals surface area contributed by atoms with E-state index in [1.54, 1.807) is 0 Å². The first kappa shape index (κ1) is 15.8. The Morgan fingerprint density at radius 1 is 1.36 bits per heavy atom. The second kappa shape index (κ2) is 5.98. The predicted octanol–water partition coefficient (Wildman–Crippen LogP) is 2.59. The maximum absolute atomic E-state index is 13.2. The highest BCUT2D eigenvalue weighted by atomic mass is 16.5. The van der Waals surface area contributed by atoms with Gasteiger partial charge in [0.1, 0.15) is 5.82 Å². The van der Waals surface area contributed by atoms with E-state index in [1.807, 2.05) is 48.8 Å². The van der Waals surface area contributed by atoms with Crippen LogP contribution in [0, 0.1) is 13.8 Å². The summed E-state index contributed by atoms with van der Waals surface area (Å²) in [6.07, 6.45) is 5.78. The number of nitrogens with zero attached hydrogens (tertiary/aromatic N) is 5. The fourth-order valence-electron chi connectivity index (χ4n) is 3.70. The fourth-order valence-corrected chi connectivity index (χ4v) is 3.70. The van der Waals surface area contributed by atoms with E-state index in [1.165, 1.54) is 0 Å². The molecule has 0 N–H and O–H groups in total. The van der Waals surface area contributed by atoms with E-state index in [0.29, 0.717) is 23.5 Å². The van der Waals surface area contributed by atoms with Crippen LogP contribution in [0.15, 0.2) is 23.0 Å². The number of hydrogen-bond acceptors (Lipinski definition) is 5. The number of aromatic nitrogens is 4. The molecule has 4 rings (SSSR count). The summed E-state index contributed by atoms with van der Waals surface area (Å²) >= 11 is 0. The predicted molar refractivity (Wildman–Crippen MR) is 92.4 cm³/mol. The molecule has 0 spiro atoms. The highest BCUT2D eigenvalue weighted by Crippen LogP contribution is 2.29. The van der Waals surface area contributed by atoms with Gasteiger partial charge in [0.15, 0.2) is 0 Å². The molecular formula is C18H21N5O2. The summed E-state index contributed by atoms with van der Waals surface area (Å²) in [5.74, 6) is 1.31. The van der Waals surface area contributed by atoms with Crippen molar-refractivity contribution >= 4 is 17.0 Å². The van der Waals surface area contributed by atoms with E-state index < -0.39 is 0 Å². The maximum atomic E-state index is 13.2. The number of carbonyl (C=O) groups is 1. The minimum atomic E-state index is 0.0145. The molecule has 1 aliphatic rings. The quantitative estimate of drug-likeness (QED) is 0.717. The number of aryl methyl sites for hydroxylation is 3. The Morgan fingerprint density at radius 2 is 2.20 bits per heavy atom. The topological polar surface area (TPSA) is 77.0 Å². The largest absolute Gasteiger partial charge is 0.338 e. The van der Waals surface area contributed by atoms with Gasteiger partial charge in [-0.15, -0.1) is 0 Å². The van der Waals surface area contributed by atoms with Crippen LogP contribution in [0.5, 0.6) is 0 Å². The maximum Gasteiger partial charge on any atom is 0.258 e. The minimum absolute atomic E-state index is 0.0145. The highest BCUT2D eigenvalue weighted by molar-refractivity contribution is 6.06. The number of imidazole rings is 1. The van der Waals surface area contributed by atoms with E-state index in [-0.39, 0.29) is 11.8 Å². The number of likely N-dealkylation sites (tertiary alicyclic amines) is 1. The molecule has 25 heavy (non-hydrogen) atoms. The molecule has 7 nitrogen and oxygen atoms in total. The first-order valence-electron chi connectivity index (χ1n) is 8.54. The molecule has 0 bridgehead atoms. The normalized spacial score (nSPS) is 18.0. The third-order valence-corrected chi connectivity index (χ3v) is 4.91. The molecule has 1 amide bonds. The van der Waals surface area contributed by atoms with Gasteiger partial charge in [0, 0.05) is 44.1 Å². The first-order chi connectivity index (χ1) is 12.0. The van der Waals surface area contributed by atoms with Crippen molar-refractivity contribution in [1.82, 2.24) is 24.6 Å². The molecule has 1 fully saturated rings. The van der Waals surface area contributed by atoms with Gasteiger partial charge in [-0.25, -0.2) is 9.97 Å². The Morgan fingerprint density at radius 3 is 2.96 bits per heavy atom. The van der Waals surface area contributed by atoms with Crippen molar-refractivity contribution in [3.8, 4) is 0 Å². The van der Waals surface area contributed by atoms with Crippen LogP contribution >= 0.6 is 0 Å². The lowest BCUT2D eigenvalue weighted by Gasteiger charge is -2.32. The summed E-state index contributed by atoms with van der Waals surface area (Å²) in [6.45, 7) is 5.14. The van der Waals surface area contributed by atoms with Crippen LogP contribution in [0.1, 0.15) is 46.3 Å². The van der Waals surface area contributed by atoms with Crippen molar-refractivity contribution in [2.45, 2.75) is 32.6 Å².